The van der Waals surface area contributed by atoms with Crippen molar-refractivity contribution in [2.75, 3.05) is 11.9 Å². The van der Waals surface area contributed by atoms with Crippen LogP contribution in [0.15, 0.2) is 0 Å². The molecule has 0 fully saturated rings. The van der Waals surface area contributed by atoms with Crippen LogP contribution in [-0.4, -0.2) is 23.1 Å². The van der Waals surface area contributed by atoms with Crippen LogP contribution in [0.25, 0.3) is 0 Å². The topological polar surface area (TPSA) is 46.2 Å². The number of nitrogens with two attached hydrogens (primary N) is 1. The van der Waals surface area contributed by atoms with Gasteiger partial charge in [-0.2, -0.15) is 0 Å². The van der Waals surface area contributed by atoms with E-state index in [1.807, 2.05) is 0 Å². The van der Waals surface area contributed by atoms with Crippen LogP contribution in [0.1, 0.15) is 0 Å². The first kappa shape index (κ1) is 6.40. The van der Waals surface area contributed by atoms with Crippen molar-refractivity contribution in [3.8, 4) is 0 Å². The minimum atomic E-state index is -0.0926. The molecule has 0 aliphatic rings. The zero-order valence-corrected chi connectivity index (χ0v) is 4.98. The second kappa shape index (κ2) is 3.59. The molecule has 0 aromatic carbocycles. The predicted octanol–water partition coefficient (Wildman–Crippen LogP) is -0.299. The van der Waals surface area contributed by atoms with Crippen LogP contribution in [-0.2, 0) is 0 Å². The summed E-state index contributed by atoms with van der Waals surface area (Å²) in [5, 5.41) is 8.85. The molecule has 6 heavy (non-hydrogen) atoms. The highest BCUT2D eigenvalue weighted by Gasteiger charge is 1.91. The molecule has 2 nitrogen and oxygen atoms in total. The summed E-state index contributed by atoms with van der Waals surface area (Å²) in [6, 6.07) is -0.0926. The Morgan fingerprint density at radius 2 is 2.33 bits per heavy atom. The van der Waals surface area contributed by atoms with E-state index in [0.717, 1.165) is 0 Å². The number of aliphatic hydroxyl groups excluding tert-OH is 1. The average Bonchev–Trinajstić information content (AvgIpc) is 1.65. The van der Waals surface area contributed by atoms with Gasteiger partial charge in [0.1, 0.15) is 0 Å². The summed E-state index contributed by atoms with van der Waals surface area (Å²) in [6.45, 7) is 0.0608. The summed E-state index contributed by atoms with van der Waals surface area (Å²) in [4.78, 5) is 0. The van der Waals surface area contributed by atoms with E-state index in [1.54, 1.807) is 0 Å². The lowest BCUT2D eigenvalue weighted by Crippen LogP contribution is -2.25. The molecule has 0 aliphatic heterocycles. The highest BCUT2D eigenvalue weighted by Crippen LogP contribution is 1.82. The largest absolute Gasteiger partial charge is 0.395 e. The normalized spacial score (nSPS) is 14.5. The molecule has 0 rings (SSSR count). The summed E-state index contributed by atoms with van der Waals surface area (Å²) < 4.78 is 0. The van der Waals surface area contributed by atoms with Crippen LogP contribution < -0.4 is 5.73 Å². The predicted molar refractivity (Wildman–Crippen MR) is 28.9 cm³/mol. The fraction of sp³-hybridized carbons (Fsp3) is 1.00. The van der Waals surface area contributed by atoms with Gasteiger partial charge < -0.3 is 10.8 Å². The summed E-state index contributed by atoms with van der Waals surface area (Å²) in [5.74, 6) is 0. The molecule has 0 saturated carbocycles. The number of aliphatic hydroxyl groups is 1. The lowest BCUT2D eigenvalue weighted by atomic mass is 10.4. The lowest BCUT2D eigenvalue weighted by molar-refractivity contribution is 0.276. The SMILES string of the molecule is NC(CO)CBr. The fourth-order valence-electron chi connectivity index (χ4n) is 0.0488. The van der Waals surface area contributed by atoms with Gasteiger partial charge in [0.2, 0.25) is 0 Å². The molecule has 1 unspecified atom stereocenters. The molecule has 1 atom stereocenters. The standard InChI is InChI=1S/C3H8BrNO/c4-1-3(5)2-6/h3,6H,1-2,5H2. The van der Waals surface area contributed by atoms with Gasteiger partial charge in [0.15, 0.2) is 0 Å². The highest BCUT2D eigenvalue weighted by atomic mass is 79.9. The Labute approximate surface area is 45.5 Å². The van der Waals surface area contributed by atoms with E-state index >= 15 is 0 Å². The molecule has 3 heteroatoms. The quantitative estimate of drug-likeness (QED) is 0.536. The number of rotatable bonds is 2. The molecule has 0 bridgehead atoms. The second-order valence-electron chi connectivity index (χ2n) is 1.10. The first-order chi connectivity index (χ1) is 2.81. The summed E-state index contributed by atoms with van der Waals surface area (Å²) in [6.07, 6.45) is 0. The van der Waals surface area contributed by atoms with E-state index in [9.17, 15) is 0 Å². The number of alkyl halides is 1. The maximum absolute atomic E-state index is 8.18. The van der Waals surface area contributed by atoms with Crippen LogP contribution in [0.5, 0.6) is 0 Å². The lowest BCUT2D eigenvalue weighted by Gasteiger charge is -1.97. The van der Waals surface area contributed by atoms with Crippen molar-refractivity contribution in [3.63, 3.8) is 0 Å². The molecule has 0 aromatic heterocycles. The first-order valence-electron chi connectivity index (χ1n) is 1.73. The Morgan fingerprint density at radius 3 is 2.33 bits per heavy atom. The van der Waals surface area contributed by atoms with Crippen molar-refractivity contribution in [1.82, 2.24) is 0 Å². The summed E-state index contributed by atoms with van der Waals surface area (Å²) in [7, 11) is 0. The van der Waals surface area contributed by atoms with Crippen molar-refractivity contribution >= 4 is 15.9 Å². The molecule has 0 amide bonds. The van der Waals surface area contributed by atoms with E-state index in [-0.39, 0.29) is 12.6 Å². The van der Waals surface area contributed by atoms with Crippen molar-refractivity contribution in [3.05, 3.63) is 0 Å². The zero-order chi connectivity index (χ0) is 4.99. The van der Waals surface area contributed by atoms with Gasteiger partial charge in [0.05, 0.1) is 6.61 Å². The first-order valence-corrected chi connectivity index (χ1v) is 2.85. The van der Waals surface area contributed by atoms with E-state index < -0.39 is 0 Å². The van der Waals surface area contributed by atoms with E-state index in [1.165, 1.54) is 0 Å². The Balaban J connectivity index is 2.75. The monoisotopic (exact) mass is 153 g/mol. The molecule has 0 radical (unpaired) electrons. The summed E-state index contributed by atoms with van der Waals surface area (Å²) >= 11 is 3.09. The number of hydrogen-bond donors (Lipinski definition) is 2. The minimum absolute atomic E-state index is 0.0608. The van der Waals surface area contributed by atoms with Crippen LogP contribution in [0, 0.1) is 0 Å². The van der Waals surface area contributed by atoms with Crippen LogP contribution >= 0.6 is 15.9 Å². The Morgan fingerprint density at radius 1 is 1.83 bits per heavy atom. The van der Waals surface area contributed by atoms with Gasteiger partial charge in [-0.1, -0.05) is 15.9 Å². The molecule has 3 N–H and O–H groups in total. The molecule has 0 aliphatic carbocycles. The van der Waals surface area contributed by atoms with Gasteiger partial charge in [0, 0.05) is 11.4 Å². The molecular formula is C3H8BrNO. The number of hydrogen-bond acceptors (Lipinski definition) is 2. The van der Waals surface area contributed by atoms with Gasteiger partial charge in [-0.3, -0.25) is 0 Å². The smallest absolute Gasteiger partial charge is 0.0590 e. The van der Waals surface area contributed by atoms with Crippen molar-refractivity contribution < 1.29 is 5.11 Å². The van der Waals surface area contributed by atoms with Crippen LogP contribution in [0.2, 0.25) is 0 Å². The second-order valence-corrected chi connectivity index (χ2v) is 1.74. The minimum Gasteiger partial charge on any atom is -0.395 e. The van der Waals surface area contributed by atoms with Crippen LogP contribution in [0.4, 0.5) is 0 Å². The van der Waals surface area contributed by atoms with Crippen molar-refractivity contribution in [1.29, 1.82) is 0 Å². The summed E-state index contributed by atoms with van der Waals surface area (Å²) in [5.41, 5.74) is 5.18. The van der Waals surface area contributed by atoms with Gasteiger partial charge in [-0.25, -0.2) is 0 Å². The molecule has 38 valence electrons. The third kappa shape index (κ3) is 2.63. The van der Waals surface area contributed by atoms with Crippen molar-refractivity contribution in [2.24, 2.45) is 5.73 Å². The third-order valence-electron chi connectivity index (χ3n) is 0.433. The van der Waals surface area contributed by atoms with E-state index in [4.69, 9.17) is 10.8 Å². The van der Waals surface area contributed by atoms with E-state index in [0.29, 0.717) is 5.33 Å². The number of halogens is 1. The Bertz CT molecular complexity index is 30.0. The average molecular weight is 154 g/mol. The molecule has 0 saturated heterocycles. The van der Waals surface area contributed by atoms with Gasteiger partial charge in [-0.05, 0) is 0 Å². The Hall–Kier alpha value is 0.400. The van der Waals surface area contributed by atoms with Crippen LogP contribution in [0.3, 0.4) is 0 Å². The van der Waals surface area contributed by atoms with Gasteiger partial charge in [-0.15, -0.1) is 0 Å². The fourth-order valence-corrected chi connectivity index (χ4v) is 0.254. The van der Waals surface area contributed by atoms with Gasteiger partial charge >= 0.3 is 0 Å². The zero-order valence-electron chi connectivity index (χ0n) is 3.39. The van der Waals surface area contributed by atoms with Crippen molar-refractivity contribution in [2.45, 2.75) is 6.04 Å². The maximum atomic E-state index is 8.18. The Kier molecular flexibility index (Phi) is 3.82. The maximum Gasteiger partial charge on any atom is 0.0590 e. The molecule has 0 spiro atoms. The third-order valence-corrected chi connectivity index (χ3v) is 1.26. The molecule has 0 aromatic rings. The van der Waals surface area contributed by atoms with Gasteiger partial charge in [0.25, 0.3) is 0 Å². The molecule has 0 heterocycles. The highest BCUT2D eigenvalue weighted by molar-refractivity contribution is 9.09. The van der Waals surface area contributed by atoms with E-state index in [2.05, 4.69) is 15.9 Å². The molecular weight excluding hydrogens is 146 g/mol.